The van der Waals surface area contributed by atoms with E-state index in [1.807, 2.05) is 6.07 Å². The van der Waals surface area contributed by atoms with Crippen LogP contribution in [-0.2, 0) is 27.1 Å². The number of furan rings is 1. The minimum atomic E-state index is -0.660. The topological polar surface area (TPSA) is 108 Å². The van der Waals surface area contributed by atoms with E-state index in [0.29, 0.717) is 32.9 Å². The monoisotopic (exact) mass is 504 g/mol. The van der Waals surface area contributed by atoms with Gasteiger partial charge in [0.25, 0.3) is 5.91 Å². The number of anilines is 1. The molecule has 8 nitrogen and oxygen atoms in total. The third-order valence-corrected chi connectivity index (χ3v) is 7.16. The van der Waals surface area contributed by atoms with Crippen LogP contribution in [0.2, 0.25) is 0 Å². The molecule has 5 rings (SSSR count). The third-order valence-electron chi connectivity index (χ3n) is 5.95. The summed E-state index contributed by atoms with van der Waals surface area (Å²) in [4.78, 5) is 44.0. The normalized spacial score (nSPS) is 12.7. The van der Waals surface area contributed by atoms with Crippen LogP contribution in [0.4, 0.5) is 5.00 Å². The first-order chi connectivity index (χ1) is 17.5. The van der Waals surface area contributed by atoms with Crippen molar-refractivity contribution in [3.05, 3.63) is 70.3 Å². The highest BCUT2D eigenvalue weighted by atomic mass is 32.1. The van der Waals surface area contributed by atoms with Crippen LogP contribution in [0.25, 0.3) is 22.4 Å². The Balaban J connectivity index is 1.34. The van der Waals surface area contributed by atoms with Gasteiger partial charge in [0.15, 0.2) is 12.4 Å². The maximum atomic E-state index is 13.0. The van der Waals surface area contributed by atoms with Crippen LogP contribution >= 0.6 is 11.3 Å². The summed E-state index contributed by atoms with van der Waals surface area (Å²) in [5.41, 5.74) is 2.73. The summed E-state index contributed by atoms with van der Waals surface area (Å²) in [6, 6.07) is 12.3. The van der Waals surface area contributed by atoms with Crippen LogP contribution in [0.3, 0.4) is 0 Å². The van der Waals surface area contributed by atoms with Gasteiger partial charge >= 0.3 is 11.9 Å². The van der Waals surface area contributed by atoms with Crippen molar-refractivity contribution in [2.45, 2.75) is 32.6 Å². The Kier molecular flexibility index (Phi) is 6.81. The second-order valence-electron chi connectivity index (χ2n) is 8.31. The van der Waals surface area contributed by atoms with Crippen LogP contribution in [0.5, 0.6) is 0 Å². The number of nitrogens with zero attached hydrogens (tertiary/aromatic N) is 1. The number of ether oxygens (including phenoxy) is 2. The van der Waals surface area contributed by atoms with E-state index in [1.54, 1.807) is 43.3 Å². The molecule has 0 aliphatic heterocycles. The summed E-state index contributed by atoms with van der Waals surface area (Å²) in [5, 5.41) is 3.80. The highest BCUT2D eigenvalue weighted by Gasteiger charge is 2.27. The van der Waals surface area contributed by atoms with Crippen LogP contribution in [0.15, 0.2) is 53.1 Å². The fraction of sp³-hybridized carbons (Fsp3) is 0.259. The first-order valence-corrected chi connectivity index (χ1v) is 12.6. The number of fused-ring (bicyclic) bond motifs is 2. The Morgan fingerprint density at radius 2 is 1.89 bits per heavy atom. The van der Waals surface area contributed by atoms with Crippen molar-refractivity contribution in [1.82, 2.24) is 4.98 Å². The summed E-state index contributed by atoms with van der Waals surface area (Å²) in [6.45, 7) is 1.49. The largest absolute Gasteiger partial charge is 0.463 e. The molecule has 0 unspecified atom stereocenters. The number of pyridine rings is 1. The molecule has 0 bridgehead atoms. The van der Waals surface area contributed by atoms with Crippen LogP contribution in [0, 0.1) is 0 Å². The van der Waals surface area contributed by atoms with Gasteiger partial charge in [0.1, 0.15) is 10.7 Å². The van der Waals surface area contributed by atoms with Crippen LogP contribution < -0.4 is 5.32 Å². The molecule has 0 spiro atoms. The van der Waals surface area contributed by atoms with Gasteiger partial charge < -0.3 is 19.2 Å². The quantitative estimate of drug-likeness (QED) is 0.335. The van der Waals surface area contributed by atoms with Crippen LogP contribution in [-0.4, -0.2) is 36.0 Å². The maximum Gasteiger partial charge on any atom is 0.341 e. The van der Waals surface area contributed by atoms with Crippen molar-refractivity contribution in [2.75, 3.05) is 18.5 Å². The first kappa shape index (κ1) is 23.7. The Morgan fingerprint density at radius 3 is 2.69 bits per heavy atom. The number of aromatic nitrogens is 1. The van der Waals surface area contributed by atoms with Gasteiger partial charge in [0.2, 0.25) is 0 Å². The third kappa shape index (κ3) is 4.74. The summed E-state index contributed by atoms with van der Waals surface area (Å²) < 4.78 is 16.0. The van der Waals surface area contributed by atoms with Gasteiger partial charge in [0, 0.05) is 10.3 Å². The average Bonchev–Trinajstić information content (AvgIpc) is 3.55. The zero-order chi connectivity index (χ0) is 25.1. The van der Waals surface area contributed by atoms with Gasteiger partial charge in [-0.05, 0) is 62.4 Å². The standard InChI is InChI=1S/C27H24N2O6S/c1-2-33-27(32)24-17-9-4-6-12-22(17)36-25(24)29-23(30)15-35-26(31)18-14-20(21-11-7-13-34-21)28-19-10-5-3-8-16(18)19/h3,5,7-8,10-11,13-14H,2,4,6,9,12,15H2,1H3,(H,29,30). The van der Waals surface area contributed by atoms with Crippen molar-refractivity contribution in [3.63, 3.8) is 0 Å². The molecule has 1 N–H and O–H groups in total. The van der Waals surface area contributed by atoms with Crippen LogP contribution in [0.1, 0.15) is 50.9 Å². The smallest absolute Gasteiger partial charge is 0.341 e. The number of hydrogen-bond acceptors (Lipinski definition) is 8. The van der Waals surface area contributed by atoms with Crippen molar-refractivity contribution in [3.8, 4) is 11.5 Å². The molecule has 3 aromatic heterocycles. The van der Waals surface area contributed by atoms with E-state index in [2.05, 4.69) is 10.3 Å². The molecule has 9 heteroatoms. The number of amides is 1. The molecule has 0 saturated heterocycles. The molecule has 1 amide bonds. The van der Waals surface area contributed by atoms with Gasteiger partial charge in [-0.15, -0.1) is 11.3 Å². The summed E-state index contributed by atoms with van der Waals surface area (Å²) in [7, 11) is 0. The van der Waals surface area contributed by atoms with E-state index in [9.17, 15) is 14.4 Å². The maximum absolute atomic E-state index is 13.0. The number of benzene rings is 1. The lowest BCUT2D eigenvalue weighted by Crippen LogP contribution is -2.22. The number of carbonyl (C=O) groups is 3. The SMILES string of the molecule is CCOC(=O)c1c(NC(=O)COC(=O)c2cc(-c3ccco3)nc3ccccc23)sc2c1CCCC2. The van der Waals surface area contributed by atoms with Crippen molar-refractivity contribution < 1.29 is 28.3 Å². The fourth-order valence-electron chi connectivity index (χ4n) is 4.34. The molecule has 1 aliphatic carbocycles. The molecule has 36 heavy (non-hydrogen) atoms. The second-order valence-corrected chi connectivity index (χ2v) is 9.41. The highest BCUT2D eigenvalue weighted by Crippen LogP contribution is 2.38. The number of aryl methyl sites for hydroxylation is 1. The van der Waals surface area contributed by atoms with Crippen molar-refractivity contribution >= 4 is 45.1 Å². The summed E-state index contributed by atoms with van der Waals surface area (Å²) >= 11 is 1.39. The zero-order valence-corrected chi connectivity index (χ0v) is 20.5. The average molecular weight is 505 g/mol. The van der Waals surface area contributed by atoms with E-state index in [0.717, 1.165) is 36.1 Å². The number of hydrogen-bond donors (Lipinski definition) is 1. The number of rotatable bonds is 7. The van der Waals surface area contributed by atoms with Gasteiger partial charge in [0.05, 0.1) is 29.5 Å². The zero-order valence-electron chi connectivity index (χ0n) is 19.7. The van der Waals surface area contributed by atoms with Gasteiger partial charge in [-0.25, -0.2) is 14.6 Å². The number of esters is 2. The fourth-order valence-corrected chi connectivity index (χ4v) is 5.63. The number of para-hydroxylation sites is 1. The molecule has 1 aliphatic rings. The number of thiophene rings is 1. The Bertz CT molecular complexity index is 1440. The van der Waals surface area contributed by atoms with E-state index in [4.69, 9.17) is 13.9 Å². The molecular weight excluding hydrogens is 480 g/mol. The number of carbonyl (C=O) groups excluding carboxylic acids is 3. The summed E-state index contributed by atoms with van der Waals surface area (Å²) in [6.07, 6.45) is 5.20. The summed E-state index contributed by atoms with van der Waals surface area (Å²) in [5.74, 6) is -1.12. The van der Waals surface area contributed by atoms with Gasteiger partial charge in [-0.1, -0.05) is 18.2 Å². The molecule has 0 atom stereocenters. The molecule has 0 saturated carbocycles. The minimum absolute atomic E-state index is 0.244. The molecular formula is C27H24N2O6S. The molecule has 0 radical (unpaired) electrons. The van der Waals surface area contributed by atoms with E-state index in [1.165, 1.54) is 17.6 Å². The molecule has 184 valence electrons. The van der Waals surface area contributed by atoms with Crippen molar-refractivity contribution in [1.29, 1.82) is 0 Å². The molecule has 3 heterocycles. The Morgan fingerprint density at radius 1 is 1.06 bits per heavy atom. The first-order valence-electron chi connectivity index (χ1n) is 11.8. The van der Waals surface area contributed by atoms with Gasteiger partial charge in [-0.3, -0.25) is 4.79 Å². The molecule has 1 aromatic carbocycles. The van der Waals surface area contributed by atoms with E-state index >= 15 is 0 Å². The van der Waals surface area contributed by atoms with Crippen molar-refractivity contribution in [2.24, 2.45) is 0 Å². The van der Waals surface area contributed by atoms with E-state index < -0.39 is 24.5 Å². The molecule has 4 aromatic rings. The minimum Gasteiger partial charge on any atom is -0.463 e. The van der Waals surface area contributed by atoms with Gasteiger partial charge in [-0.2, -0.15) is 0 Å². The lowest BCUT2D eigenvalue weighted by atomic mass is 9.95. The predicted octanol–water partition coefficient (Wildman–Crippen LogP) is 5.41. The lowest BCUT2D eigenvalue weighted by molar-refractivity contribution is -0.119. The Labute approximate surface area is 211 Å². The highest BCUT2D eigenvalue weighted by molar-refractivity contribution is 7.17. The Hall–Kier alpha value is -3.98. The number of nitrogens with one attached hydrogen (secondary N) is 1. The predicted molar refractivity (Wildman–Crippen MR) is 135 cm³/mol. The lowest BCUT2D eigenvalue weighted by Gasteiger charge is -2.12. The van der Waals surface area contributed by atoms with E-state index in [-0.39, 0.29) is 12.2 Å². The second kappa shape index (κ2) is 10.3. The molecule has 0 fully saturated rings.